The molecule has 3 rings (SSSR count). The van der Waals surface area contributed by atoms with E-state index in [1.807, 2.05) is 11.6 Å². The number of nitrogens with one attached hydrogen (secondary N) is 1. The van der Waals surface area contributed by atoms with Gasteiger partial charge in [0.15, 0.2) is 10.8 Å². The normalized spacial score (nSPS) is 10.8. The summed E-state index contributed by atoms with van der Waals surface area (Å²) in [5.74, 6) is 0.356. The Bertz CT molecular complexity index is 871. The standard InChI is InChI=1S/C17H20N6OS/c1-11-12(2)22-23(13(11)3)9-5-8-20-16(24)14-10-25-17(21-14)15-18-6-4-7-19-15/h4,6-7,10H,5,8-9H2,1-3H3,(H,20,24). The van der Waals surface area contributed by atoms with Crippen LogP contribution in [0.25, 0.3) is 10.8 Å². The van der Waals surface area contributed by atoms with Gasteiger partial charge in [-0.15, -0.1) is 11.3 Å². The van der Waals surface area contributed by atoms with E-state index in [2.05, 4.69) is 39.2 Å². The smallest absolute Gasteiger partial charge is 0.270 e. The maximum Gasteiger partial charge on any atom is 0.270 e. The van der Waals surface area contributed by atoms with E-state index in [1.54, 1.807) is 23.8 Å². The number of carbonyl (C=O) groups excluding carboxylic acids is 1. The van der Waals surface area contributed by atoms with E-state index in [9.17, 15) is 4.79 Å². The maximum absolute atomic E-state index is 12.2. The third kappa shape index (κ3) is 3.90. The zero-order valence-electron chi connectivity index (χ0n) is 14.5. The molecule has 0 aromatic carbocycles. The van der Waals surface area contributed by atoms with Crippen molar-refractivity contribution in [3.05, 3.63) is 46.5 Å². The Labute approximate surface area is 150 Å². The lowest BCUT2D eigenvalue weighted by atomic mass is 10.2. The lowest BCUT2D eigenvalue weighted by Crippen LogP contribution is -2.25. The fourth-order valence-electron chi connectivity index (χ4n) is 2.42. The van der Waals surface area contributed by atoms with Crippen LogP contribution in [0.5, 0.6) is 0 Å². The lowest BCUT2D eigenvalue weighted by Gasteiger charge is -2.06. The predicted octanol–water partition coefficient (Wildman–Crippen LogP) is 2.54. The zero-order valence-corrected chi connectivity index (χ0v) is 15.3. The molecule has 0 unspecified atom stereocenters. The molecule has 0 aliphatic heterocycles. The van der Waals surface area contributed by atoms with Crippen LogP contribution in [0.2, 0.25) is 0 Å². The molecular formula is C17H20N6OS. The Morgan fingerprint density at radius 2 is 2.00 bits per heavy atom. The first kappa shape index (κ1) is 17.2. The highest BCUT2D eigenvalue weighted by molar-refractivity contribution is 7.13. The van der Waals surface area contributed by atoms with Crippen LogP contribution >= 0.6 is 11.3 Å². The second-order valence-corrected chi connectivity index (χ2v) is 6.60. The van der Waals surface area contributed by atoms with Crippen LogP contribution in [0, 0.1) is 20.8 Å². The van der Waals surface area contributed by atoms with E-state index in [4.69, 9.17) is 0 Å². The third-order valence-corrected chi connectivity index (χ3v) is 4.91. The Balaban J connectivity index is 1.51. The highest BCUT2D eigenvalue weighted by Crippen LogP contribution is 2.19. The van der Waals surface area contributed by atoms with Gasteiger partial charge in [-0.1, -0.05) is 0 Å². The van der Waals surface area contributed by atoms with Gasteiger partial charge in [-0.2, -0.15) is 5.10 Å². The minimum atomic E-state index is -0.178. The third-order valence-electron chi connectivity index (χ3n) is 4.07. The number of nitrogens with zero attached hydrogens (tertiary/aromatic N) is 5. The number of thiazole rings is 1. The van der Waals surface area contributed by atoms with E-state index < -0.39 is 0 Å². The highest BCUT2D eigenvalue weighted by atomic mass is 32.1. The number of amides is 1. The first-order chi connectivity index (χ1) is 12.1. The fourth-order valence-corrected chi connectivity index (χ4v) is 3.16. The molecule has 25 heavy (non-hydrogen) atoms. The van der Waals surface area contributed by atoms with Crippen molar-refractivity contribution in [1.29, 1.82) is 0 Å². The van der Waals surface area contributed by atoms with Gasteiger partial charge in [0.25, 0.3) is 5.91 Å². The van der Waals surface area contributed by atoms with Crippen molar-refractivity contribution >= 4 is 17.2 Å². The predicted molar refractivity (Wildman–Crippen MR) is 96.5 cm³/mol. The summed E-state index contributed by atoms with van der Waals surface area (Å²) in [6.45, 7) is 7.51. The fraction of sp³-hybridized carbons (Fsp3) is 0.353. The van der Waals surface area contributed by atoms with Gasteiger partial charge in [-0.05, 0) is 38.8 Å². The largest absolute Gasteiger partial charge is 0.351 e. The van der Waals surface area contributed by atoms with Crippen molar-refractivity contribution in [3.8, 4) is 10.8 Å². The summed E-state index contributed by atoms with van der Waals surface area (Å²) in [6.07, 6.45) is 4.13. The Morgan fingerprint density at radius 1 is 1.24 bits per heavy atom. The van der Waals surface area contributed by atoms with Gasteiger partial charge < -0.3 is 5.32 Å². The molecule has 3 heterocycles. The summed E-state index contributed by atoms with van der Waals surface area (Å²) in [4.78, 5) is 24.8. The average Bonchev–Trinajstić information content (AvgIpc) is 3.21. The molecule has 3 aromatic rings. The monoisotopic (exact) mass is 356 g/mol. The molecule has 7 nitrogen and oxygen atoms in total. The topological polar surface area (TPSA) is 85.6 Å². The molecule has 0 bridgehead atoms. The number of hydrogen-bond donors (Lipinski definition) is 1. The molecular weight excluding hydrogens is 336 g/mol. The van der Waals surface area contributed by atoms with Crippen molar-refractivity contribution in [1.82, 2.24) is 30.0 Å². The van der Waals surface area contributed by atoms with Crippen LogP contribution in [0.15, 0.2) is 23.8 Å². The lowest BCUT2D eigenvalue weighted by molar-refractivity contribution is 0.0948. The molecule has 3 aromatic heterocycles. The van der Waals surface area contributed by atoms with E-state index in [0.717, 1.165) is 18.7 Å². The molecule has 0 saturated heterocycles. The molecule has 0 aliphatic rings. The summed E-state index contributed by atoms with van der Waals surface area (Å²) in [7, 11) is 0. The SMILES string of the molecule is Cc1nn(CCCNC(=O)c2csc(-c3ncccn3)n2)c(C)c1C. The van der Waals surface area contributed by atoms with E-state index >= 15 is 0 Å². The summed E-state index contributed by atoms with van der Waals surface area (Å²) in [6, 6.07) is 1.75. The average molecular weight is 356 g/mol. The van der Waals surface area contributed by atoms with Crippen molar-refractivity contribution in [3.63, 3.8) is 0 Å². The number of aromatic nitrogens is 5. The first-order valence-electron chi connectivity index (χ1n) is 8.08. The van der Waals surface area contributed by atoms with Gasteiger partial charge in [-0.3, -0.25) is 9.48 Å². The Morgan fingerprint density at radius 3 is 2.68 bits per heavy atom. The van der Waals surface area contributed by atoms with Gasteiger partial charge in [0.05, 0.1) is 5.69 Å². The zero-order chi connectivity index (χ0) is 17.8. The van der Waals surface area contributed by atoms with Gasteiger partial charge in [0.1, 0.15) is 5.69 Å². The summed E-state index contributed by atoms with van der Waals surface area (Å²) >= 11 is 1.36. The molecule has 130 valence electrons. The quantitative estimate of drug-likeness (QED) is 0.686. The van der Waals surface area contributed by atoms with Crippen molar-refractivity contribution in [2.75, 3.05) is 6.54 Å². The second-order valence-electron chi connectivity index (χ2n) is 5.74. The second kappa shape index (κ2) is 7.52. The van der Waals surface area contributed by atoms with Gasteiger partial charge in [0.2, 0.25) is 0 Å². The number of carbonyl (C=O) groups is 1. The van der Waals surface area contributed by atoms with Crippen molar-refractivity contribution in [2.45, 2.75) is 33.7 Å². The van der Waals surface area contributed by atoms with E-state index in [0.29, 0.717) is 23.1 Å². The molecule has 0 fully saturated rings. The van der Waals surface area contributed by atoms with Crippen LogP contribution in [0.3, 0.4) is 0 Å². The Kier molecular flexibility index (Phi) is 5.18. The minimum absolute atomic E-state index is 0.178. The van der Waals surface area contributed by atoms with E-state index in [1.165, 1.54) is 22.6 Å². The van der Waals surface area contributed by atoms with Crippen LogP contribution in [-0.4, -0.2) is 37.2 Å². The van der Waals surface area contributed by atoms with Gasteiger partial charge in [0, 0.05) is 36.6 Å². The maximum atomic E-state index is 12.2. The van der Waals surface area contributed by atoms with Gasteiger partial charge >= 0.3 is 0 Å². The first-order valence-corrected chi connectivity index (χ1v) is 8.96. The minimum Gasteiger partial charge on any atom is -0.351 e. The molecule has 0 aliphatic carbocycles. The molecule has 0 atom stereocenters. The van der Waals surface area contributed by atoms with Crippen molar-refractivity contribution in [2.24, 2.45) is 0 Å². The molecule has 1 amide bonds. The summed E-state index contributed by atoms with van der Waals surface area (Å²) in [5.41, 5.74) is 3.85. The van der Waals surface area contributed by atoms with E-state index in [-0.39, 0.29) is 5.91 Å². The Hall–Kier alpha value is -2.61. The molecule has 8 heteroatoms. The molecule has 0 radical (unpaired) electrons. The van der Waals surface area contributed by atoms with Crippen LogP contribution in [0.1, 0.15) is 33.9 Å². The number of rotatable bonds is 6. The highest BCUT2D eigenvalue weighted by Gasteiger charge is 2.13. The van der Waals surface area contributed by atoms with Crippen LogP contribution in [-0.2, 0) is 6.54 Å². The molecule has 0 saturated carbocycles. The number of aryl methyl sites for hydroxylation is 2. The summed E-state index contributed by atoms with van der Waals surface area (Å²) < 4.78 is 1.99. The summed E-state index contributed by atoms with van der Waals surface area (Å²) in [5, 5.41) is 9.77. The van der Waals surface area contributed by atoms with Crippen molar-refractivity contribution < 1.29 is 4.79 Å². The number of hydrogen-bond acceptors (Lipinski definition) is 6. The van der Waals surface area contributed by atoms with Crippen LogP contribution < -0.4 is 5.32 Å². The van der Waals surface area contributed by atoms with Gasteiger partial charge in [-0.25, -0.2) is 15.0 Å². The molecule has 1 N–H and O–H groups in total. The van der Waals surface area contributed by atoms with Crippen LogP contribution in [0.4, 0.5) is 0 Å². The molecule has 0 spiro atoms.